The van der Waals surface area contributed by atoms with Crippen molar-refractivity contribution in [3.05, 3.63) is 413 Å². The molecule has 114 heavy (non-hydrogen) atoms. The van der Waals surface area contributed by atoms with Crippen LogP contribution in [-0.2, 0) is 0 Å². The number of rotatable bonds is 10. The van der Waals surface area contributed by atoms with Crippen molar-refractivity contribution in [1.82, 2.24) is 18.3 Å². The van der Waals surface area contributed by atoms with Gasteiger partial charge in [0.25, 0.3) is 0 Å². The molecule has 0 atom stereocenters. The Hall–Kier alpha value is -15.2. The zero-order valence-electron chi connectivity index (χ0n) is 61.9. The van der Waals surface area contributed by atoms with Gasteiger partial charge in [-0.3, -0.25) is 0 Å². The SMILES string of the molecule is c1ccc(-c2ccc(-n3c4ccccc4c4cc(-c5ccc6c(c5)c5cc(-c7ccc8c(c7)oc7ccccc78)ccc5n6-c5ccccc5)ccc43)cc2)cc1.c1ccc(-c2ccc(-n3c4ccccc4c4cc(-c5ccc6c(c5)c5cc(-c7cccc8c7oc7ccccc78)ccc5n6-c5ccccc5)ccc43)cc2)cc1. The molecule has 0 amide bonds. The lowest BCUT2D eigenvalue weighted by molar-refractivity contribution is 0.669. The van der Waals surface area contributed by atoms with Crippen LogP contribution in [-0.4, -0.2) is 18.3 Å². The van der Waals surface area contributed by atoms with Gasteiger partial charge in [-0.15, -0.1) is 0 Å². The van der Waals surface area contributed by atoms with Gasteiger partial charge in [0, 0.05) is 92.9 Å². The van der Waals surface area contributed by atoms with Crippen molar-refractivity contribution >= 4 is 131 Å². The maximum atomic E-state index is 6.50. The van der Waals surface area contributed by atoms with E-state index in [-0.39, 0.29) is 0 Å². The van der Waals surface area contributed by atoms with Crippen molar-refractivity contribution in [3.63, 3.8) is 0 Å². The third-order valence-corrected chi connectivity index (χ3v) is 23.5. The molecular weight excluding hydrogens is 1390 g/mol. The smallest absolute Gasteiger partial charge is 0.143 e. The summed E-state index contributed by atoms with van der Waals surface area (Å²) in [6.07, 6.45) is 0. The minimum Gasteiger partial charge on any atom is -0.456 e. The summed E-state index contributed by atoms with van der Waals surface area (Å²) in [4.78, 5) is 0. The summed E-state index contributed by atoms with van der Waals surface area (Å²) >= 11 is 0. The van der Waals surface area contributed by atoms with Crippen molar-refractivity contribution in [3.8, 4) is 89.5 Å². The monoisotopic (exact) mass is 1450 g/mol. The number of nitrogens with zero attached hydrogens (tertiary/aromatic N) is 4. The molecule has 24 rings (SSSR count). The standard InChI is InChI=1S/2C54H34N2O/c1-3-12-35(13-4-1)36-22-27-41(28-23-36)56-49-20-9-7-16-43(49)46-32-37(24-29-50(46)56)38-25-30-51-47(33-38)48-34-39(26-31-52(48)55(51)40-14-5-2-6-15-40)42-18-11-19-45-44-17-8-10-21-53(44)57-54(42)45;1-3-11-35(12-4-1)36-19-25-42(26-20-36)56-49-17-9-7-15-43(49)46-31-37(22-28-50(46)56)38-23-29-51-47(32-38)48-33-39(24-30-52(48)55(51)41-13-5-2-6-14-41)40-21-27-45-44-16-8-10-18-53(44)57-54(45)34-40/h2*1-34H. The predicted octanol–water partition coefficient (Wildman–Crippen LogP) is 29.6. The molecule has 0 bridgehead atoms. The van der Waals surface area contributed by atoms with Crippen LogP contribution in [0.3, 0.4) is 0 Å². The maximum Gasteiger partial charge on any atom is 0.143 e. The minimum atomic E-state index is 0.906. The van der Waals surface area contributed by atoms with Crippen LogP contribution in [0, 0.1) is 0 Å². The second kappa shape index (κ2) is 26.2. The van der Waals surface area contributed by atoms with E-state index in [2.05, 4.69) is 413 Å². The van der Waals surface area contributed by atoms with Gasteiger partial charge in [0.2, 0.25) is 0 Å². The van der Waals surface area contributed by atoms with E-state index in [1.165, 1.54) is 132 Å². The third-order valence-electron chi connectivity index (χ3n) is 23.5. The van der Waals surface area contributed by atoms with Crippen LogP contribution in [0.25, 0.3) is 221 Å². The first-order chi connectivity index (χ1) is 56.5. The summed E-state index contributed by atoms with van der Waals surface area (Å²) in [7, 11) is 0. The molecule has 6 heterocycles. The van der Waals surface area contributed by atoms with Gasteiger partial charge in [-0.1, -0.05) is 255 Å². The maximum absolute atomic E-state index is 6.50. The largest absolute Gasteiger partial charge is 0.456 e. The highest BCUT2D eigenvalue weighted by molar-refractivity contribution is 6.17. The van der Waals surface area contributed by atoms with E-state index >= 15 is 0 Å². The summed E-state index contributed by atoms with van der Waals surface area (Å²) in [5, 5.41) is 14.4. The summed E-state index contributed by atoms with van der Waals surface area (Å²) in [6.45, 7) is 0. The Morgan fingerprint density at radius 3 is 0.842 bits per heavy atom. The van der Waals surface area contributed by atoms with Crippen LogP contribution >= 0.6 is 0 Å². The zero-order valence-corrected chi connectivity index (χ0v) is 61.9. The molecule has 0 saturated heterocycles. The number of hydrogen-bond donors (Lipinski definition) is 0. The molecule has 24 aromatic rings. The quantitative estimate of drug-likeness (QED) is 0.137. The predicted molar refractivity (Wildman–Crippen MR) is 477 cm³/mol. The Morgan fingerprint density at radius 1 is 0.140 bits per heavy atom. The lowest BCUT2D eigenvalue weighted by Crippen LogP contribution is -1.94. The van der Waals surface area contributed by atoms with Crippen LogP contribution in [0.2, 0.25) is 0 Å². The van der Waals surface area contributed by atoms with Crippen LogP contribution in [0.4, 0.5) is 0 Å². The third kappa shape index (κ3) is 10.6. The minimum absolute atomic E-state index is 0.906. The van der Waals surface area contributed by atoms with Crippen molar-refractivity contribution < 1.29 is 8.83 Å². The van der Waals surface area contributed by atoms with E-state index in [0.717, 1.165) is 88.9 Å². The first kappa shape index (κ1) is 64.7. The fraction of sp³-hybridized carbons (Fsp3) is 0. The second-order valence-corrected chi connectivity index (χ2v) is 29.9. The Bertz CT molecular complexity index is 7930. The van der Waals surface area contributed by atoms with Crippen molar-refractivity contribution in [2.45, 2.75) is 0 Å². The Balaban J connectivity index is 0.000000135. The molecule has 0 saturated carbocycles. The molecule has 0 aliphatic rings. The molecule has 6 aromatic heterocycles. The summed E-state index contributed by atoms with van der Waals surface area (Å²) in [5.41, 5.74) is 31.9. The molecule has 532 valence electrons. The van der Waals surface area contributed by atoms with Gasteiger partial charge in [-0.05, 0) is 219 Å². The number of hydrogen-bond acceptors (Lipinski definition) is 2. The molecular formula is C108H68N4O2. The molecule has 6 nitrogen and oxygen atoms in total. The van der Waals surface area contributed by atoms with Gasteiger partial charge < -0.3 is 27.1 Å². The topological polar surface area (TPSA) is 46.0 Å². The Kier molecular flexibility index (Phi) is 14.9. The van der Waals surface area contributed by atoms with Crippen molar-refractivity contribution in [2.75, 3.05) is 0 Å². The highest BCUT2D eigenvalue weighted by atomic mass is 16.3. The molecule has 0 N–H and O–H groups in total. The summed E-state index contributed by atoms with van der Waals surface area (Å²) in [6, 6.07) is 149. The molecule has 0 aliphatic heterocycles. The molecule has 6 heteroatoms. The van der Waals surface area contributed by atoms with E-state index in [1.807, 2.05) is 18.2 Å². The first-order valence-corrected chi connectivity index (χ1v) is 39.0. The molecule has 0 fully saturated rings. The number of fused-ring (bicyclic) bond motifs is 18. The van der Waals surface area contributed by atoms with E-state index < -0.39 is 0 Å². The highest BCUT2D eigenvalue weighted by Crippen LogP contribution is 2.45. The zero-order chi connectivity index (χ0) is 74.9. The second-order valence-electron chi connectivity index (χ2n) is 29.9. The van der Waals surface area contributed by atoms with Crippen molar-refractivity contribution in [1.29, 1.82) is 0 Å². The fourth-order valence-corrected chi connectivity index (χ4v) is 18.1. The molecule has 18 aromatic carbocycles. The van der Waals surface area contributed by atoms with Gasteiger partial charge in [0.15, 0.2) is 0 Å². The van der Waals surface area contributed by atoms with Gasteiger partial charge in [-0.25, -0.2) is 0 Å². The van der Waals surface area contributed by atoms with Crippen LogP contribution < -0.4 is 0 Å². The normalized spacial score (nSPS) is 11.9. The van der Waals surface area contributed by atoms with E-state index in [1.54, 1.807) is 0 Å². The van der Waals surface area contributed by atoms with Gasteiger partial charge in [-0.2, -0.15) is 0 Å². The molecule has 0 aliphatic carbocycles. The first-order valence-electron chi connectivity index (χ1n) is 39.0. The van der Waals surface area contributed by atoms with Crippen molar-refractivity contribution in [2.24, 2.45) is 0 Å². The Labute approximate surface area is 656 Å². The van der Waals surface area contributed by atoms with Gasteiger partial charge in [0.1, 0.15) is 22.3 Å². The van der Waals surface area contributed by atoms with E-state index in [0.29, 0.717) is 0 Å². The van der Waals surface area contributed by atoms with Gasteiger partial charge in [0.05, 0.1) is 44.1 Å². The number of benzene rings is 18. The number of para-hydroxylation sites is 7. The molecule has 0 radical (unpaired) electrons. The van der Waals surface area contributed by atoms with Gasteiger partial charge >= 0.3 is 0 Å². The Morgan fingerprint density at radius 2 is 0.412 bits per heavy atom. The lowest BCUT2D eigenvalue weighted by Gasteiger charge is -2.10. The average Bonchev–Trinajstić information content (AvgIpc) is 1.57. The number of furan rings is 2. The fourth-order valence-electron chi connectivity index (χ4n) is 18.1. The van der Waals surface area contributed by atoms with Crippen LogP contribution in [0.1, 0.15) is 0 Å². The highest BCUT2D eigenvalue weighted by Gasteiger charge is 2.22. The van der Waals surface area contributed by atoms with Crippen LogP contribution in [0.15, 0.2) is 421 Å². The molecule has 0 spiro atoms. The summed E-state index contributed by atoms with van der Waals surface area (Å²) in [5.74, 6) is 0. The van der Waals surface area contributed by atoms with E-state index in [4.69, 9.17) is 8.83 Å². The number of aromatic nitrogens is 4. The van der Waals surface area contributed by atoms with E-state index in [9.17, 15) is 0 Å². The molecule has 0 unspecified atom stereocenters. The lowest BCUT2D eigenvalue weighted by atomic mass is 9.98. The van der Waals surface area contributed by atoms with Crippen LogP contribution in [0.5, 0.6) is 0 Å². The summed E-state index contributed by atoms with van der Waals surface area (Å²) < 4.78 is 22.4. The average molecular weight is 1450 g/mol.